The van der Waals surface area contributed by atoms with E-state index in [1.807, 2.05) is 46.8 Å². The van der Waals surface area contributed by atoms with Crippen molar-refractivity contribution >= 4 is 27.6 Å². The van der Waals surface area contributed by atoms with E-state index in [2.05, 4.69) is 14.8 Å². The van der Waals surface area contributed by atoms with Gasteiger partial charge in [0.2, 0.25) is 0 Å². The van der Waals surface area contributed by atoms with E-state index in [-0.39, 0.29) is 5.95 Å². The molecule has 1 heterocycles. The minimum atomic E-state index is -3.81. The Bertz CT molecular complexity index is 1110. The Labute approximate surface area is 170 Å². The fourth-order valence-corrected chi connectivity index (χ4v) is 4.91. The summed E-state index contributed by atoms with van der Waals surface area (Å²) in [6.07, 6.45) is 1.50. The molecule has 0 saturated heterocycles. The maximum Gasteiger partial charge on any atom is 0.264 e. The molecule has 3 aromatic rings. The zero-order chi connectivity index (χ0) is 20.6. The number of anilines is 1. The van der Waals surface area contributed by atoms with Gasteiger partial charge in [0, 0.05) is 5.02 Å². The van der Waals surface area contributed by atoms with Gasteiger partial charge in [-0.25, -0.2) is 17.8 Å². The highest BCUT2D eigenvalue weighted by Crippen LogP contribution is 2.30. The lowest BCUT2D eigenvalue weighted by molar-refractivity contribution is 0.599. The summed E-state index contributed by atoms with van der Waals surface area (Å²) in [5.74, 6) is 0.0450. The Balaban J connectivity index is 1.88. The number of nitrogens with zero attached hydrogens (tertiary/aromatic N) is 3. The van der Waals surface area contributed by atoms with Gasteiger partial charge < -0.3 is 0 Å². The zero-order valence-corrected chi connectivity index (χ0v) is 18.1. The van der Waals surface area contributed by atoms with Gasteiger partial charge in [-0.05, 0) is 80.1 Å². The molecule has 0 spiro atoms. The number of nitrogens with one attached hydrogen (secondary N) is 1. The van der Waals surface area contributed by atoms with Crippen molar-refractivity contribution < 1.29 is 8.42 Å². The predicted molar refractivity (Wildman–Crippen MR) is 112 cm³/mol. The van der Waals surface area contributed by atoms with Crippen molar-refractivity contribution in [3.8, 4) is 0 Å². The summed E-state index contributed by atoms with van der Waals surface area (Å²) in [5.41, 5.74) is 5.54. The molecular formula is C20H23ClN4O2S. The number of aromatic nitrogens is 3. The van der Waals surface area contributed by atoms with E-state index < -0.39 is 10.0 Å². The molecule has 0 amide bonds. The monoisotopic (exact) mass is 418 g/mol. The molecule has 0 aliphatic carbocycles. The summed E-state index contributed by atoms with van der Waals surface area (Å²) in [6, 6.07) is 7.37. The maximum atomic E-state index is 13.0. The molecule has 6 nitrogen and oxygen atoms in total. The van der Waals surface area contributed by atoms with Gasteiger partial charge >= 0.3 is 0 Å². The highest BCUT2D eigenvalue weighted by Gasteiger charge is 2.24. The van der Waals surface area contributed by atoms with E-state index in [0.29, 0.717) is 16.5 Å². The number of sulfonamides is 1. The molecule has 8 heteroatoms. The third-order valence-corrected chi connectivity index (χ3v) is 7.07. The van der Waals surface area contributed by atoms with E-state index in [1.54, 1.807) is 16.8 Å². The summed E-state index contributed by atoms with van der Waals surface area (Å²) < 4.78 is 30.2. The second-order valence-corrected chi connectivity index (χ2v) is 9.01. The Kier molecular flexibility index (Phi) is 5.50. The van der Waals surface area contributed by atoms with Gasteiger partial charge in [-0.3, -0.25) is 0 Å². The summed E-state index contributed by atoms with van der Waals surface area (Å²) >= 11 is 5.90. The molecule has 2 aromatic carbocycles. The van der Waals surface area contributed by atoms with E-state index in [9.17, 15) is 8.42 Å². The van der Waals surface area contributed by atoms with Crippen molar-refractivity contribution in [3.05, 3.63) is 69.0 Å². The van der Waals surface area contributed by atoms with Crippen molar-refractivity contribution in [2.75, 3.05) is 4.72 Å². The summed E-state index contributed by atoms with van der Waals surface area (Å²) in [5, 5.41) is 4.90. The molecular weight excluding hydrogens is 396 g/mol. The van der Waals surface area contributed by atoms with Crippen LogP contribution < -0.4 is 4.72 Å². The van der Waals surface area contributed by atoms with Gasteiger partial charge in [0.05, 0.1) is 11.4 Å². The van der Waals surface area contributed by atoms with Gasteiger partial charge in [-0.15, -0.1) is 5.10 Å². The topological polar surface area (TPSA) is 76.9 Å². The standard InChI is InChI=1S/C20H23ClN4O2S/c1-12-13(2)15(4)19(16(5)14(12)3)28(26,27)24-20-22-11-25(23-20)10-17-6-8-18(21)9-7-17/h6-9,11H,10H2,1-5H3,(H,23,24). The Morgan fingerprint density at radius 3 is 2.04 bits per heavy atom. The van der Waals surface area contributed by atoms with Gasteiger partial charge in [-0.1, -0.05) is 23.7 Å². The molecule has 1 aromatic heterocycles. The van der Waals surface area contributed by atoms with Gasteiger partial charge in [-0.2, -0.15) is 4.98 Å². The second-order valence-electron chi connectivity index (χ2n) is 6.95. The first-order chi connectivity index (χ1) is 13.1. The number of hydrogen-bond acceptors (Lipinski definition) is 4. The SMILES string of the molecule is Cc1c(C)c(C)c(S(=O)(=O)Nc2ncn(Cc3ccc(Cl)cc3)n2)c(C)c1C. The first kappa shape index (κ1) is 20.4. The first-order valence-electron chi connectivity index (χ1n) is 8.84. The third kappa shape index (κ3) is 3.91. The van der Waals surface area contributed by atoms with Crippen molar-refractivity contribution in [2.45, 2.75) is 46.1 Å². The quantitative estimate of drug-likeness (QED) is 0.669. The van der Waals surface area contributed by atoms with Crippen LogP contribution in [-0.2, 0) is 16.6 Å². The minimum Gasteiger partial charge on any atom is -0.246 e. The van der Waals surface area contributed by atoms with E-state index in [1.165, 1.54) is 6.33 Å². The number of benzene rings is 2. The lowest BCUT2D eigenvalue weighted by Crippen LogP contribution is -2.18. The van der Waals surface area contributed by atoms with Crippen molar-refractivity contribution in [1.29, 1.82) is 0 Å². The van der Waals surface area contributed by atoms with Crippen LogP contribution in [0.3, 0.4) is 0 Å². The molecule has 0 atom stereocenters. The van der Waals surface area contributed by atoms with Crippen LogP contribution in [0.5, 0.6) is 0 Å². The Morgan fingerprint density at radius 2 is 1.46 bits per heavy atom. The Hall–Kier alpha value is -2.38. The molecule has 0 aliphatic heterocycles. The van der Waals surface area contributed by atoms with Gasteiger partial charge in [0.1, 0.15) is 6.33 Å². The van der Waals surface area contributed by atoms with Crippen molar-refractivity contribution in [2.24, 2.45) is 0 Å². The number of halogens is 1. The average Bonchev–Trinajstić information content (AvgIpc) is 3.06. The van der Waals surface area contributed by atoms with Crippen LogP contribution in [0.25, 0.3) is 0 Å². The summed E-state index contributed by atoms with van der Waals surface area (Å²) in [6.45, 7) is 10.0. The average molecular weight is 419 g/mol. The summed E-state index contributed by atoms with van der Waals surface area (Å²) in [7, 11) is -3.81. The van der Waals surface area contributed by atoms with Crippen molar-refractivity contribution in [1.82, 2.24) is 14.8 Å². The fraction of sp³-hybridized carbons (Fsp3) is 0.300. The lowest BCUT2D eigenvalue weighted by Gasteiger charge is -2.18. The lowest BCUT2D eigenvalue weighted by atomic mass is 9.95. The van der Waals surface area contributed by atoms with Crippen LogP contribution in [0.15, 0.2) is 35.5 Å². The van der Waals surface area contributed by atoms with Gasteiger partial charge in [0.15, 0.2) is 0 Å². The van der Waals surface area contributed by atoms with E-state index in [4.69, 9.17) is 11.6 Å². The van der Waals surface area contributed by atoms with Crippen LogP contribution in [-0.4, -0.2) is 23.2 Å². The number of hydrogen-bond donors (Lipinski definition) is 1. The molecule has 1 N–H and O–H groups in total. The Morgan fingerprint density at radius 1 is 0.929 bits per heavy atom. The fourth-order valence-electron chi connectivity index (χ4n) is 3.23. The van der Waals surface area contributed by atoms with Gasteiger partial charge in [0.25, 0.3) is 16.0 Å². The second kappa shape index (κ2) is 7.56. The highest BCUT2D eigenvalue weighted by molar-refractivity contribution is 7.92. The van der Waals surface area contributed by atoms with Crippen LogP contribution in [0.2, 0.25) is 5.02 Å². The largest absolute Gasteiger partial charge is 0.264 e. The first-order valence-corrected chi connectivity index (χ1v) is 10.7. The number of rotatable bonds is 5. The van der Waals surface area contributed by atoms with Crippen LogP contribution in [0.4, 0.5) is 5.95 Å². The van der Waals surface area contributed by atoms with Crippen LogP contribution in [0.1, 0.15) is 33.4 Å². The van der Waals surface area contributed by atoms with Crippen LogP contribution >= 0.6 is 11.6 Å². The smallest absolute Gasteiger partial charge is 0.246 e. The van der Waals surface area contributed by atoms with Crippen LogP contribution in [0, 0.1) is 34.6 Å². The minimum absolute atomic E-state index is 0.0450. The molecule has 148 valence electrons. The molecule has 0 radical (unpaired) electrons. The molecule has 0 saturated carbocycles. The maximum absolute atomic E-state index is 13.0. The third-order valence-electron chi connectivity index (χ3n) is 5.22. The molecule has 0 aliphatic rings. The highest BCUT2D eigenvalue weighted by atomic mass is 35.5. The van der Waals surface area contributed by atoms with Crippen molar-refractivity contribution in [3.63, 3.8) is 0 Å². The molecule has 0 unspecified atom stereocenters. The zero-order valence-electron chi connectivity index (χ0n) is 16.5. The van der Waals surface area contributed by atoms with E-state index >= 15 is 0 Å². The predicted octanol–water partition coefficient (Wildman–Crippen LogP) is 4.32. The molecule has 0 bridgehead atoms. The van der Waals surface area contributed by atoms with E-state index in [0.717, 1.165) is 33.4 Å². The molecule has 28 heavy (non-hydrogen) atoms. The normalized spacial score (nSPS) is 11.6. The summed E-state index contributed by atoms with van der Waals surface area (Å²) in [4.78, 5) is 4.39. The molecule has 3 rings (SSSR count). The molecule has 0 fully saturated rings.